The molecule has 1 aromatic rings. The van der Waals surface area contributed by atoms with Gasteiger partial charge in [-0.1, -0.05) is 6.92 Å². The molecule has 0 saturated carbocycles. The largest absolute Gasteiger partial charge is 0.480 e. The van der Waals surface area contributed by atoms with Crippen molar-refractivity contribution in [2.45, 2.75) is 19.1 Å². The molecule has 106 valence electrons. The predicted molar refractivity (Wildman–Crippen MR) is 72.2 cm³/mol. The maximum absolute atomic E-state index is 5.89. The number of rotatable bonds is 5. The van der Waals surface area contributed by atoms with Gasteiger partial charge in [0, 0.05) is 25.5 Å². The molecule has 0 radical (unpaired) electrons. The second-order valence-electron chi connectivity index (χ2n) is 4.52. The summed E-state index contributed by atoms with van der Waals surface area (Å²) in [6, 6.07) is -0.0157. The molecule has 1 aromatic heterocycles. The third kappa shape index (κ3) is 3.20. The van der Waals surface area contributed by atoms with Crippen LogP contribution in [0.25, 0.3) is 0 Å². The quantitative estimate of drug-likeness (QED) is 0.836. The van der Waals surface area contributed by atoms with Gasteiger partial charge < -0.3 is 14.8 Å². The van der Waals surface area contributed by atoms with Crippen LogP contribution in [0.15, 0.2) is 12.4 Å². The summed E-state index contributed by atoms with van der Waals surface area (Å²) in [5, 5.41) is 3.27. The van der Waals surface area contributed by atoms with E-state index in [2.05, 4.69) is 27.1 Å². The van der Waals surface area contributed by atoms with Crippen molar-refractivity contribution in [1.29, 1.82) is 0 Å². The van der Waals surface area contributed by atoms with Crippen molar-refractivity contribution in [3.63, 3.8) is 0 Å². The van der Waals surface area contributed by atoms with Gasteiger partial charge in [-0.2, -0.15) is 0 Å². The molecule has 2 heterocycles. The summed E-state index contributed by atoms with van der Waals surface area (Å²) in [6.07, 6.45) is 3.38. The molecule has 0 amide bonds. The minimum atomic E-state index is -0.0157. The van der Waals surface area contributed by atoms with Crippen molar-refractivity contribution in [2.75, 3.05) is 40.4 Å². The average molecular weight is 266 g/mol. The van der Waals surface area contributed by atoms with Crippen molar-refractivity contribution in [1.82, 2.24) is 20.2 Å². The molecule has 1 saturated heterocycles. The number of hydrogen-bond donors (Lipinski definition) is 1. The van der Waals surface area contributed by atoms with Crippen LogP contribution in [0, 0.1) is 0 Å². The van der Waals surface area contributed by atoms with E-state index in [0.717, 1.165) is 31.9 Å². The van der Waals surface area contributed by atoms with E-state index in [1.165, 1.54) is 0 Å². The molecule has 6 nitrogen and oxygen atoms in total. The summed E-state index contributed by atoms with van der Waals surface area (Å²) in [7, 11) is 3.52. The highest BCUT2D eigenvalue weighted by molar-refractivity contribution is 5.22. The van der Waals surface area contributed by atoms with Gasteiger partial charge in [0.2, 0.25) is 5.88 Å². The fraction of sp³-hybridized carbons (Fsp3) is 0.692. The Labute approximate surface area is 114 Å². The highest BCUT2D eigenvalue weighted by Gasteiger charge is 2.31. The lowest BCUT2D eigenvalue weighted by Gasteiger charge is -2.36. The van der Waals surface area contributed by atoms with Crippen molar-refractivity contribution in [2.24, 2.45) is 0 Å². The first-order chi connectivity index (χ1) is 9.30. The monoisotopic (exact) mass is 266 g/mol. The predicted octanol–water partition coefficient (Wildman–Crippen LogP) is 0.466. The molecular formula is C13H22N4O2. The topological polar surface area (TPSA) is 59.5 Å². The molecule has 0 bridgehead atoms. The average Bonchev–Trinajstić information content (AvgIpc) is 2.49. The van der Waals surface area contributed by atoms with E-state index in [-0.39, 0.29) is 12.1 Å². The molecule has 6 heteroatoms. The minimum Gasteiger partial charge on any atom is -0.480 e. The van der Waals surface area contributed by atoms with E-state index in [1.54, 1.807) is 19.5 Å². The number of hydrogen-bond acceptors (Lipinski definition) is 6. The Morgan fingerprint density at radius 2 is 2.32 bits per heavy atom. The fourth-order valence-electron chi connectivity index (χ4n) is 2.43. The summed E-state index contributed by atoms with van der Waals surface area (Å²) in [5.74, 6) is 0.555. The fourth-order valence-corrected chi connectivity index (χ4v) is 2.43. The first-order valence-electron chi connectivity index (χ1n) is 6.66. The van der Waals surface area contributed by atoms with Crippen molar-refractivity contribution < 1.29 is 9.47 Å². The molecule has 1 fully saturated rings. The number of aromatic nitrogens is 2. The van der Waals surface area contributed by atoms with E-state index in [4.69, 9.17) is 9.47 Å². The molecular weight excluding hydrogens is 244 g/mol. The van der Waals surface area contributed by atoms with Gasteiger partial charge in [-0.3, -0.25) is 9.88 Å². The summed E-state index contributed by atoms with van der Waals surface area (Å²) in [5.41, 5.74) is 0.801. The standard InChI is InChI=1S/C13H22N4O2/c1-4-17-7-8-19-10(9-17)11(14-2)12-13(18-3)16-6-5-15-12/h5-6,10-11,14H,4,7-9H2,1-3H3. The molecule has 1 aliphatic heterocycles. The molecule has 1 N–H and O–H groups in total. The van der Waals surface area contributed by atoms with Gasteiger partial charge in [-0.25, -0.2) is 4.98 Å². The Kier molecular flexibility index (Phi) is 5.07. The normalized spacial score (nSPS) is 22.2. The molecule has 1 aliphatic rings. The molecule has 0 aliphatic carbocycles. The zero-order chi connectivity index (χ0) is 13.7. The van der Waals surface area contributed by atoms with Crippen molar-refractivity contribution in [3.8, 4) is 5.88 Å². The minimum absolute atomic E-state index is 0.0157. The molecule has 2 atom stereocenters. The lowest BCUT2D eigenvalue weighted by atomic mass is 10.1. The van der Waals surface area contributed by atoms with Crippen molar-refractivity contribution >= 4 is 0 Å². The Morgan fingerprint density at radius 1 is 1.53 bits per heavy atom. The van der Waals surface area contributed by atoms with Crippen LogP contribution in [0.2, 0.25) is 0 Å². The zero-order valence-electron chi connectivity index (χ0n) is 11.8. The Hall–Kier alpha value is -1.24. The van der Waals surface area contributed by atoms with E-state index in [0.29, 0.717) is 5.88 Å². The van der Waals surface area contributed by atoms with Crippen LogP contribution >= 0.6 is 0 Å². The Balaban J connectivity index is 2.19. The van der Waals surface area contributed by atoms with Crippen LogP contribution in [0.1, 0.15) is 18.7 Å². The van der Waals surface area contributed by atoms with Gasteiger partial charge in [0.1, 0.15) is 5.69 Å². The molecule has 0 spiro atoms. The first-order valence-corrected chi connectivity index (χ1v) is 6.66. The summed E-state index contributed by atoms with van der Waals surface area (Å²) >= 11 is 0. The van der Waals surface area contributed by atoms with Crippen molar-refractivity contribution in [3.05, 3.63) is 18.1 Å². The molecule has 2 unspecified atom stereocenters. The summed E-state index contributed by atoms with van der Waals surface area (Å²) in [6.45, 7) is 5.83. The number of nitrogens with zero attached hydrogens (tertiary/aromatic N) is 3. The van der Waals surface area contributed by atoms with Crippen LogP contribution in [-0.4, -0.2) is 61.4 Å². The van der Waals surface area contributed by atoms with E-state index in [1.807, 2.05) is 7.05 Å². The van der Waals surface area contributed by atoms with Gasteiger partial charge in [-0.15, -0.1) is 0 Å². The van der Waals surface area contributed by atoms with E-state index < -0.39 is 0 Å². The van der Waals surface area contributed by atoms with Crippen LogP contribution < -0.4 is 10.1 Å². The second kappa shape index (κ2) is 6.79. The van der Waals surface area contributed by atoms with E-state index in [9.17, 15) is 0 Å². The first kappa shape index (κ1) is 14.2. The SMILES string of the molecule is CCN1CCOC(C(NC)c2nccnc2OC)C1. The number of methoxy groups -OCH3 is 1. The maximum atomic E-state index is 5.89. The number of ether oxygens (including phenoxy) is 2. The van der Waals surface area contributed by atoms with Gasteiger partial charge >= 0.3 is 0 Å². The van der Waals surface area contributed by atoms with Crippen LogP contribution in [0.4, 0.5) is 0 Å². The van der Waals surface area contributed by atoms with Gasteiger partial charge in [-0.05, 0) is 13.6 Å². The molecule has 19 heavy (non-hydrogen) atoms. The van der Waals surface area contributed by atoms with Crippen LogP contribution in [0.3, 0.4) is 0 Å². The highest BCUT2D eigenvalue weighted by Crippen LogP contribution is 2.26. The Morgan fingerprint density at radius 3 is 3.00 bits per heavy atom. The highest BCUT2D eigenvalue weighted by atomic mass is 16.5. The van der Waals surface area contributed by atoms with Gasteiger partial charge in [0.15, 0.2) is 0 Å². The third-order valence-electron chi connectivity index (χ3n) is 3.49. The number of nitrogens with one attached hydrogen (secondary N) is 1. The molecule has 2 rings (SSSR count). The lowest BCUT2D eigenvalue weighted by Crippen LogP contribution is -2.47. The van der Waals surface area contributed by atoms with Gasteiger partial charge in [0.25, 0.3) is 0 Å². The second-order valence-corrected chi connectivity index (χ2v) is 4.52. The van der Waals surface area contributed by atoms with Crippen LogP contribution in [-0.2, 0) is 4.74 Å². The number of morpholine rings is 1. The van der Waals surface area contributed by atoms with E-state index >= 15 is 0 Å². The summed E-state index contributed by atoms with van der Waals surface area (Å²) in [4.78, 5) is 11.0. The van der Waals surface area contributed by atoms with Crippen LogP contribution in [0.5, 0.6) is 5.88 Å². The van der Waals surface area contributed by atoms with Gasteiger partial charge in [0.05, 0.1) is 25.9 Å². The summed E-state index contributed by atoms with van der Waals surface area (Å²) < 4.78 is 11.2. The smallest absolute Gasteiger partial charge is 0.237 e. The lowest BCUT2D eigenvalue weighted by molar-refractivity contribution is -0.0455. The maximum Gasteiger partial charge on any atom is 0.237 e. The number of likely N-dealkylation sites (N-methyl/N-ethyl adjacent to an activating group) is 2. The Bertz CT molecular complexity index is 402. The molecule has 0 aromatic carbocycles. The zero-order valence-corrected chi connectivity index (χ0v) is 11.8. The third-order valence-corrected chi connectivity index (χ3v) is 3.49.